The summed E-state index contributed by atoms with van der Waals surface area (Å²) in [6, 6.07) is 5.24. The standard InChI is InChI=1S/C9H8O4.C5H12N2O2/c1-6(10)13-8-5-3-2-4-7(8)9(11)12;6-3-1-2-4(7)5(8)9/h2-5H,1H3,(H,11,12);4H,1-3,6-7H2,(H,8,9)/t;4-/m.0/s1. The summed E-state index contributed by atoms with van der Waals surface area (Å²) in [6.45, 7) is 1.72. The van der Waals surface area contributed by atoms with E-state index in [1.807, 2.05) is 0 Å². The number of aliphatic carboxylic acids is 1. The molecule has 0 aliphatic rings. The van der Waals surface area contributed by atoms with Gasteiger partial charge in [0.05, 0.1) is 0 Å². The molecule has 22 heavy (non-hydrogen) atoms. The average molecular weight is 312 g/mol. The number of carboxylic acids is 2. The lowest BCUT2D eigenvalue weighted by molar-refractivity contribution is -0.138. The van der Waals surface area contributed by atoms with Crippen LogP contribution in [0.1, 0.15) is 30.1 Å². The number of carbonyl (C=O) groups is 3. The number of carbonyl (C=O) groups excluding carboxylic acids is 1. The first-order chi connectivity index (χ1) is 10.3. The molecule has 0 unspecified atom stereocenters. The number of rotatable bonds is 6. The third-order valence-corrected chi connectivity index (χ3v) is 2.41. The number of hydrogen-bond acceptors (Lipinski definition) is 6. The largest absolute Gasteiger partial charge is 0.480 e. The van der Waals surface area contributed by atoms with Crippen molar-refractivity contribution < 1.29 is 29.3 Å². The van der Waals surface area contributed by atoms with Gasteiger partial charge in [0.15, 0.2) is 0 Å². The van der Waals surface area contributed by atoms with E-state index in [9.17, 15) is 14.4 Å². The fourth-order valence-corrected chi connectivity index (χ4v) is 1.35. The van der Waals surface area contributed by atoms with Gasteiger partial charge in [-0.1, -0.05) is 12.1 Å². The highest BCUT2D eigenvalue weighted by molar-refractivity contribution is 5.91. The van der Waals surface area contributed by atoms with E-state index in [4.69, 9.17) is 21.7 Å². The van der Waals surface area contributed by atoms with E-state index in [1.165, 1.54) is 19.1 Å². The van der Waals surface area contributed by atoms with E-state index in [2.05, 4.69) is 4.74 Å². The molecule has 0 heterocycles. The maximum absolute atomic E-state index is 10.6. The summed E-state index contributed by atoms with van der Waals surface area (Å²) < 4.78 is 4.69. The molecule has 0 fully saturated rings. The Morgan fingerprint density at radius 3 is 2.27 bits per heavy atom. The summed E-state index contributed by atoms with van der Waals surface area (Å²) in [6.07, 6.45) is 1.14. The molecular formula is C14H20N2O6. The first-order valence-corrected chi connectivity index (χ1v) is 6.48. The van der Waals surface area contributed by atoms with Crippen molar-refractivity contribution in [2.24, 2.45) is 11.5 Å². The van der Waals surface area contributed by atoms with Gasteiger partial charge in [0.1, 0.15) is 17.4 Å². The fraction of sp³-hybridized carbons (Fsp3) is 0.357. The van der Waals surface area contributed by atoms with Gasteiger partial charge in [-0.15, -0.1) is 0 Å². The van der Waals surface area contributed by atoms with Crippen molar-refractivity contribution >= 4 is 17.9 Å². The van der Waals surface area contributed by atoms with Gasteiger partial charge in [0.25, 0.3) is 0 Å². The predicted molar refractivity (Wildman–Crippen MR) is 78.6 cm³/mol. The minimum Gasteiger partial charge on any atom is -0.480 e. The van der Waals surface area contributed by atoms with Crippen LogP contribution >= 0.6 is 0 Å². The number of ether oxygens (including phenoxy) is 1. The van der Waals surface area contributed by atoms with Gasteiger partial charge in [-0.3, -0.25) is 9.59 Å². The molecule has 8 nitrogen and oxygen atoms in total. The second kappa shape index (κ2) is 10.3. The third kappa shape index (κ3) is 7.98. The number of para-hydroxylation sites is 1. The Morgan fingerprint density at radius 1 is 1.23 bits per heavy atom. The van der Waals surface area contributed by atoms with Crippen LogP contribution in [0.3, 0.4) is 0 Å². The maximum atomic E-state index is 10.6. The molecule has 1 aromatic carbocycles. The van der Waals surface area contributed by atoms with Gasteiger partial charge < -0.3 is 26.4 Å². The second-order valence-corrected chi connectivity index (χ2v) is 4.27. The number of aromatic carboxylic acids is 1. The summed E-state index contributed by atoms with van der Waals surface area (Å²) in [5.74, 6) is -2.53. The molecule has 8 heteroatoms. The van der Waals surface area contributed by atoms with Gasteiger partial charge in [-0.25, -0.2) is 4.79 Å². The summed E-state index contributed by atoms with van der Waals surface area (Å²) >= 11 is 0. The molecule has 0 aliphatic carbocycles. The summed E-state index contributed by atoms with van der Waals surface area (Å²) in [4.78, 5) is 31.2. The van der Waals surface area contributed by atoms with E-state index in [0.29, 0.717) is 19.4 Å². The molecule has 0 aromatic heterocycles. The van der Waals surface area contributed by atoms with Crippen LogP contribution in [0, 0.1) is 0 Å². The summed E-state index contributed by atoms with van der Waals surface area (Å²) in [5, 5.41) is 16.9. The molecule has 0 amide bonds. The van der Waals surface area contributed by atoms with Crippen LogP contribution in [0.15, 0.2) is 24.3 Å². The first kappa shape index (κ1) is 19.6. The molecule has 0 spiro atoms. The zero-order valence-electron chi connectivity index (χ0n) is 12.2. The van der Waals surface area contributed by atoms with E-state index in [1.54, 1.807) is 12.1 Å². The number of nitrogens with two attached hydrogens (primary N) is 2. The summed E-state index contributed by atoms with van der Waals surface area (Å²) in [7, 11) is 0. The van der Waals surface area contributed by atoms with Gasteiger partial charge in [-0.2, -0.15) is 0 Å². The Bertz CT molecular complexity index is 518. The van der Waals surface area contributed by atoms with Crippen LogP contribution in [0.2, 0.25) is 0 Å². The molecule has 0 saturated heterocycles. The second-order valence-electron chi connectivity index (χ2n) is 4.27. The van der Waals surface area contributed by atoms with Crippen molar-refractivity contribution in [3.8, 4) is 5.75 Å². The van der Waals surface area contributed by atoms with Crippen LogP contribution in [0.25, 0.3) is 0 Å². The Kier molecular flexibility index (Phi) is 9.15. The maximum Gasteiger partial charge on any atom is 0.339 e. The minimum atomic E-state index is -1.11. The van der Waals surface area contributed by atoms with Crippen molar-refractivity contribution in [3.05, 3.63) is 29.8 Å². The average Bonchev–Trinajstić information content (AvgIpc) is 2.45. The Morgan fingerprint density at radius 2 is 1.82 bits per heavy atom. The van der Waals surface area contributed by atoms with Gasteiger partial charge in [0.2, 0.25) is 0 Å². The van der Waals surface area contributed by atoms with Gasteiger partial charge in [-0.05, 0) is 31.5 Å². The highest BCUT2D eigenvalue weighted by Crippen LogP contribution is 2.17. The highest BCUT2D eigenvalue weighted by atomic mass is 16.5. The quantitative estimate of drug-likeness (QED) is 0.436. The zero-order chi connectivity index (χ0) is 17.1. The lowest BCUT2D eigenvalue weighted by Gasteiger charge is -2.03. The molecule has 122 valence electrons. The monoisotopic (exact) mass is 312 g/mol. The molecule has 0 aliphatic heterocycles. The first-order valence-electron chi connectivity index (χ1n) is 6.48. The molecule has 1 atom stereocenters. The SMILES string of the molecule is CC(=O)Oc1ccccc1C(=O)O.NCCC[C@H](N)C(=O)O. The van der Waals surface area contributed by atoms with E-state index < -0.39 is 23.9 Å². The fourth-order valence-electron chi connectivity index (χ4n) is 1.35. The highest BCUT2D eigenvalue weighted by Gasteiger charge is 2.11. The zero-order valence-corrected chi connectivity index (χ0v) is 12.2. The number of esters is 1. The molecule has 1 rings (SSSR count). The molecular weight excluding hydrogens is 292 g/mol. The Labute approximate surface area is 127 Å². The minimum absolute atomic E-state index is 0.0160. The number of hydrogen-bond donors (Lipinski definition) is 4. The molecule has 0 bridgehead atoms. The smallest absolute Gasteiger partial charge is 0.339 e. The van der Waals surface area contributed by atoms with Gasteiger partial charge >= 0.3 is 17.9 Å². The Balaban J connectivity index is 0.000000433. The molecule has 0 radical (unpaired) electrons. The van der Waals surface area contributed by atoms with Crippen LogP contribution in [-0.2, 0) is 9.59 Å². The predicted octanol–water partition coefficient (Wildman–Crippen LogP) is 0.447. The number of carboxylic acid groups (broad SMARTS) is 2. The lowest BCUT2D eigenvalue weighted by atomic mass is 10.2. The normalized spacial score (nSPS) is 10.9. The van der Waals surface area contributed by atoms with Crippen LogP contribution < -0.4 is 16.2 Å². The lowest BCUT2D eigenvalue weighted by Crippen LogP contribution is -2.30. The molecule has 6 N–H and O–H groups in total. The van der Waals surface area contributed by atoms with Crippen molar-refractivity contribution in [2.75, 3.05) is 6.54 Å². The van der Waals surface area contributed by atoms with E-state index >= 15 is 0 Å². The van der Waals surface area contributed by atoms with Crippen molar-refractivity contribution in [3.63, 3.8) is 0 Å². The summed E-state index contributed by atoms with van der Waals surface area (Å²) in [5.41, 5.74) is 10.3. The van der Waals surface area contributed by atoms with E-state index in [-0.39, 0.29) is 11.3 Å². The third-order valence-electron chi connectivity index (χ3n) is 2.41. The van der Waals surface area contributed by atoms with Gasteiger partial charge in [0, 0.05) is 6.92 Å². The molecule has 1 aromatic rings. The van der Waals surface area contributed by atoms with Crippen molar-refractivity contribution in [2.45, 2.75) is 25.8 Å². The number of benzene rings is 1. The van der Waals surface area contributed by atoms with Crippen molar-refractivity contribution in [1.82, 2.24) is 0 Å². The van der Waals surface area contributed by atoms with Crippen LogP contribution in [0.5, 0.6) is 5.75 Å². The van der Waals surface area contributed by atoms with Crippen molar-refractivity contribution in [1.29, 1.82) is 0 Å². The van der Waals surface area contributed by atoms with Crippen LogP contribution in [-0.4, -0.2) is 40.7 Å². The topological polar surface area (TPSA) is 153 Å². The van der Waals surface area contributed by atoms with Crippen LogP contribution in [0.4, 0.5) is 0 Å². The Hall–Kier alpha value is -2.45. The molecule has 0 saturated carbocycles. The van der Waals surface area contributed by atoms with E-state index in [0.717, 1.165) is 0 Å².